The van der Waals surface area contributed by atoms with Gasteiger partial charge in [-0.2, -0.15) is 8.42 Å². The largest absolute Gasteiger partial charge is 0.493 e. The minimum Gasteiger partial charge on any atom is -0.493 e. The predicted octanol–water partition coefficient (Wildman–Crippen LogP) is 1.89. The quantitative estimate of drug-likeness (QED) is 0.645. The predicted molar refractivity (Wildman–Crippen MR) is 108 cm³/mol. The van der Waals surface area contributed by atoms with E-state index in [-0.39, 0.29) is 0 Å². The molecular weight excluding hydrogens is 402 g/mol. The SMILES string of the molecule is COc1cc2ncnc(N3CCc4sc(NS(N)(=O)=O)cc4C3)c2cc1OC. The van der Waals surface area contributed by atoms with Crippen molar-refractivity contribution in [1.29, 1.82) is 0 Å². The first-order valence-corrected chi connectivity index (χ1v) is 10.8. The molecular formula is C17H19N5O4S2. The van der Waals surface area contributed by atoms with E-state index in [1.54, 1.807) is 14.2 Å². The molecule has 28 heavy (non-hydrogen) atoms. The Kier molecular flexibility index (Phi) is 4.73. The molecule has 148 valence electrons. The lowest BCUT2D eigenvalue weighted by atomic mass is 10.1. The van der Waals surface area contributed by atoms with Crippen LogP contribution in [0.2, 0.25) is 0 Å². The highest BCUT2D eigenvalue weighted by molar-refractivity contribution is 7.90. The van der Waals surface area contributed by atoms with Gasteiger partial charge in [0.2, 0.25) is 0 Å². The summed E-state index contributed by atoms with van der Waals surface area (Å²) in [5.41, 5.74) is 1.81. The Morgan fingerprint density at radius 2 is 1.93 bits per heavy atom. The maximum Gasteiger partial charge on any atom is 0.297 e. The summed E-state index contributed by atoms with van der Waals surface area (Å²) in [6, 6.07) is 5.53. The summed E-state index contributed by atoms with van der Waals surface area (Å²) in [6.07, 6.45) is 2.31. The summed E-state index contributed by atoms with van der Waals surface area (Å²) in [5.74, 6) is 2.01. The smallest absolute Gasteiger partial charge is 0.297 e. The molecule has 0 saturated heterocycles. The number of thiophene rings is 1. The Labute approximate surface area is 166 Å². The molecule has 0 aliphatic carbocycles. The van der Waals surface area contributed by atoms with Crippen molar-refractivity contribution < 1.29 is 17.9 Å². The molecule has 3 aromatic rings. The zero-order valence-electron chi connectivity index (χ0n) is 15.3. The second kappa shape index (κ2) is 7.08. The van der Waals surface area contributed by atoms with Crippen LogP contribution in [-0.2, 0) is 23.2 Å². The number of benzene rings is 1. The Morgan fingerprint density at radius 3 is 2.64 bits per heavy atom. The average molecular weight is 422 g/mol. The number of rotatable bonds is 5. The molecule has 2 aromatic heterocycles. The van der Waals surface area contributed by atoms with E-state index in [1.807, 2.05) is 18.2 Å². The number of methoxy groups -OCH3 is 2. The van der Waals surface area contributed by atoms with Crippen LogP contribution in [0.3, 0.4) is 0 Å². The Hall–Kier alpha value is -2.63. The Balaban J connectivity index is 1.70. The third-order valence-corrected chi connectivity index (χ3v) is 6.31. The van der Waals surface area contributed by atoms with Gasteiger partial charge in [-0.1, -0.05) is 0 Å². The number of nitrogens with two attached hydrogens (primary N) is 1. The van der Waals surface area contributed by atoms with Crippen LogP contribution in [0.15, 0.2) is 24.5 Å². The molecule has 1 aliphatic heterocycles. The summed E-state index contributed by atoms with van der Waals surface area (Å²) in [6.45, 7) is 1.36. The van der Waals surface area contributed by atoms with Crippen molar-refractivity contribution in [2.75, 3.05) is 30.4 Å². The van der Waals surface area contributed by atoms with E-state index in [9.17, 15) is 8.42 Å². The van der Waals surface area contributed by atoms with Crippen molar-refractivity contribution in [2.45, 2.75) is 13.0 Å². The summed E-state index contributed by atoms with van der Waals surface area (Å²) < 4.78 is 35.7. The lowest BCUT2D eigenvalue weighted by molar-refractivity contribution is 0.356. The van der Waals surface area contributed by atoms with Crippen molar-refractivity contribution in [3.05, 3.63) is 35.0 Å². The number of anilines is 2. The van der Waals surface area contributed by atoms with E-state index in [2.05, 4.69) is 19.6 Å². The van der Waals surface area contributed by atoms with Crippen LogP contribution < -0.4 is 24.2 Å². The molecule has 4 rings (SSSR count). The zero-order valence-corrected chi connectivity index (χ0v) is 16.9. The first-order chi connectivity index (χ1) is 13.4. The lowest BCUT2D eigenvalue weighted by Crippen LogP contribution is -2.30. The van der Waals surface area contributed by atoms with Crippen molar-refractivity contribution in [2.24, 2.45) is 5.14 Å². The fourth-order valence-electron chi connectivity index (χ4n) is 3.33. The number of hydrogen-bond donors (Lipinski definition) is 2. The van der Waals surface area contributed by atoms with E-state index in [1.165, 1.54) is 17.7 Å². The van der Waals surface area contributed by atoms with Crippen LogP contribution in [0.25, 0.3) is 10.9 Å². The zero-order chi connectivity index (χ0) is 19.9. The molecule has 0 fully saturated rings. The molecule has 3 N–H and O–H groups in total. The van der Waals surface area contributed by atoms with Gasteiger partial charge in [-0.15, -0.1) is 11.3 Å². The second-order valence-electron chi connectivity index (χ2n) is 6.30. The monoisotopic (exact) mass is 421 g/mol. The summed E-state index contributed by atoms with van der Waals surface area (Å²) in [5, 5.41) is 6.46. The number of fused-ring (bicyclic) bond motifs is 2. The van der Waals surface area contributed by atoms with Crippen LogP contribution in [0.5, 0.6) is 11.5 Å². The third kappa shape index (κ3) is 3.55. The molecule has 0 saturated carbocycles. The molecule has 0 unspecified atom stereocenters. The van der Waals surface area contributed by atoms with Gasteiger partial charge in [-0.3, -0.25) is 4.72 Å². The first kappa shape index (κ1) is 18.7. The molecule has 0 amide bonds. The topological polar surface area (TPSA) is 120 Å². The van der Waals surface area contributed by atoms with E-state index < -0.39 is 10.2 Å². The Bertz CT molecular complexity index is 1150. The fourth-order valence-corrected chi connectivity index (χ4v) is 5.09. The van der Waals surface area contributed by atoms with Gasteiger partial charge in [-0.25, -0.2) is 15.1 Å². The van der Waals surface area contributed by atoms with Crippen LogP contribution >= 0.6 is 11.3 Å². The van der Waals surface area contributed by atoms with Gasteiger partial charge in [0.25, 0.3) is 10.2 Å². The number of nitrogens with one attached hydrogen (secondary N) is 1. The van der Waals surface area contributed by atoms with E-state index in [0.717, 1.165) is 40.1 Å². The highest BCUT2D eigenvalue weighted by Gasteiger charge is 2.23. The van der Waals surface area contributed by atoms with E-state index in [0.29, 0.717) is 23.0 Å². The highest BCUT2D eigenvalue weighted by Crippen LogP contribution is 2.37. The standard InChI is InChI=1S/C17H19N5O4S2/c1-25-13-6-11-12(7-14(13)26-2)19-9-20-17(11)22-4-3-15-10(8-22)5-16(27-15)21-28(18,23)24/h5-7,9,21H,3-4,8H2,1-2H3,(H2,18,23,24). The molecule has 0 spiro atoms. The van der Waals surface area contributed by atoms with Gasteiger partial charge in [0.05, 0.1) is 19.7 Å². The number of nitrogens with zero attached hydrogens (tertiary/aromatic N) is 3. The molecule has 0 bridgehead atoms. The van der Waals surface area contributed by atoms with Crippen LogP contribution in [0.4, 0.5) is 10.8 Å². The van der Waals surface area contributed by atoms with Crippen molar-refractivity contribution in [3.8, 4) is 11.5 Å². The molecule has 9 nitrogen and oxygen atoms in total. The summed E-state index contributed by atoms with van der Waals surface area (Å²) >= 11 is 1.41. The minimum absolute atomic E-state index is 0.522. The van der Waals surface area contributed by atoms with Crippen molar-refractivity contribution >= 4 is 43.3 Å². The third-order valence-electron chi connectivity index (χ3n) is 4.53. The van der Waals surface area contributed by atoms with Crippen LogP contribution in [-0.4, -0.2) is 39.2 Å². The van der Waals surface area contributed by atoms with Gasteiger partial charge in [-0.05, 0) is 24.1 Å². The van der Waals surface area contributed by atoms with Crippen molar-refractivity contribution in [3.63, 3.8) is 0 Å². The molecule has 0 radical (unpaired) electrons. The van der Waals surface area contributed by atoms with E-state index in [4.69, 9.17) is 14.6 Å². The summed E-state index contributed by atoms with van der Waals surface area (Å²) in [4.78, 5) is 12.1. The van der Waals surface area contributed by atoms with Crippen LogP contribution in [0, 0.1) is 0 Å². The van der Waals surface area contributed by atoms with Crippen molar-refractivity contribution in [1.82, 2.24) is 9.97 Å². The normalized spacial score (nSPS) is 14.0. The average Bonchev–Trinajstić information content (AvgIpc) is 3.05. The van der Waals surface area contributed by atoms with Gasteiger partial charge in [0, 0.05) is 29.4 Å². The molecule has 0 atom stereocenters. The molecule has 3 heterocycles. The second-order valence-corrected chi connectivity index (χ2v) is 8.73. The Morgan fingerprint density at radius 1 is 1.18 bits per heavy atom. The molecule has 1 aliphatic rings. The first-order valence-electron chi connectivity index (χ1n) is 8.41. The lowest BCUT2D eigenvalue weighted by Gasteiger charge is -2.28. The van der Waals surface area contributed by atoms with Gasteiger partial charge < -0.3 is 14.4 Å². The van der Waals surface area contributed by atoms with E-state index >= 15 is 0 Å². The highest BCUT2D eigenvalue weighted by atomic mass is 32.2. The number of hydrogen-bond acceptors (Lipinski definition) is 8. The summed E-state index contributed by atoms with van der Waals surface area (Å²) in [7, 11) is -0.611. The fraction of sp³-hybridized carbons (Fsp3) is 0.294. The van der Waals surface area contributed by atoms with Gasteiger partial charge in [0.1, 0.15) is 17.1 Å². The van der Waals surface area contributed by atoms with Gasteiger partial charge >= 0.3 is 0 Å². The maximum absolute atomic E-state index is 11.3. The number of ether oxygens (including phenoxy) is 2. The molecule has 11 heteroatoms. The van der Waals surface area contributed by atoms with Gasteiger partial charge in [0.15, 0.2) is 11.5 Å². The number of aromatic nitrogens is 2. The minimum atomic E-state index is -3.79. The van der Waals surface area contributed by atoms with Crippen LogP contribution in [0.1, 0.15) is 10.4 Å². The molecule has 1 aromatic carbocycles. The maximum atomic E-state index is 11.3.